The summed E-state index contributed by atoms with van der Waals surface area (Å²) in [6.07, 6.45) is 6.02. The quantitative estimate of drug-likeness (QED) is 0.135. The Balaban J connectivity index is 0.00000338. The van der Waals surface area contributed by atoms with Crippen molar-refractivity contribution < 1.29 is 42.9 Å². The molecule has 2 rings (SSSR count). The zero-order chi connectivity index (χ0) is 18.2. The molecular weight excluding hydrogens is 475 g/mol. The Bertz CT molecular complexity index is 626. The lowest BCUT2D eigenvalue weighted by molar-refractivity contribution is -0.671. The molecule has 1 aliphatic carbocycles. The number of ether oxygens (including phenoxy) is 1. The minimum Gasteiger partial charge on any atom is -1.00 e. The van der Waals surface area contributed by atoms with Crippen molar-refractivity contribution in [3.63, 3.8) is 0 Å². The third-order valence-corrected chi connectivity index (χ3v) is 4.25. The molecule has 26 heavy (non-hydrogen) atoms. The van der Waals surface area contributed by atoms with Crippen molar-refractivity contribution in [2.45, 2.75) is 37.8 Å². The summed E-state index contributed by atoms with van der Waals surface area (Å²) in [7, 11) is 1.84. The van der Waals surface area contributed by atoms with E-state index < -0.39 is 6.03 Å². The number of halogens is 2. The van der Waals surface area contributed by atoms with Crippen LogP contribution in [0.5, 0.6) is 0 Å². The lowest BCUT2D eigenvalue weighted by Gasteiger charge is -2.29. The van der Waals surface area contributed by atoms with E-state index >= 15 is 0 Å². The number of carbonyl (C=O) groups is 2. The fourth-order valence-electron chi connectivity index (χ4n) is 2.76. The zero-order valence-electron chi connectivity index (χ0n) is 14.4. The highest BCUT2D eigenvalue weighted by atomic mass is 127. The van der Waals surface area contributed by atoms with Crippen molar-refractivity contribution in [3.05, 3.63) is 35.0 Å². The van der Waals surface area contributed by atoms with Gasteiger partial charge >= 0.3 is 12.0 Å². The van der Waals surface area contributed by atoms with Gasteiger partial charge in [0.05, 0.1) is 11.8 Å². The lowest BCUT2D eigenvalue weighted by Crippen LogP contribution is -3.00. The maximum Gasteiger partial charge on any atom is 0.344 e. The van der Waals surface area contributed by atoms with E-state index in [1.165, 1.54) is 0 Å². The van der Waals surface area contributed by atoms with Gasteiger partial charge < -0.3 is 34.0 Å². The van der Waals surface area contributed by atoms with E-state index in [0.717, 1.165) is 5.01 Å². The Kier molecular flexibility index (Phi) is 9.78. The second kappa shape index (κ2) is 11.3. The van der Waals surface area contributed by atoms with Crippen LogP contribution < -0.4 is 33.9 Å². The number of pyridine rings is 1. The maximum absolute atomic E-state index is 12.2. The number of esters is 1. The number of nitrogens with one attached hydrogen (secondary N) is 1. The van der Waals surface area contributed by atoms with Gasteiger partial charge in [0, 0.05) is 18.0 Å². The Morgan fingerprint density at radius 3 is 2.65 bits per heavy atom. The first kappa shape index (κ1) is 22.6. The molecule has 0 unspecified atom stereocenters. The van der Waals surface area contributed by atoms with Crippen molar-refractivity contribution in [2.24, 2.45) is 12.3 Å². The normalized spacial score (nSPS) is 19.0. The highest BCUT2D eigenvalue weighted by Crippen LogP contribution is 2.22. The predicted molar refractivity (Wildman–Crippen MR) is 90.8 cm³/mol. The molecule has 10 heteroatoms. The minimum absolute atomic E-state index is 0. The number of nitroso groups, excluding NO2 is 1. The predicted octanol–water partition coefficient (Wildman–Crippen LogP) is -1.09. The first-order chi connectivity index (χ1) is 12.0. The van der Waals surface area contributed by atoms with Gasteiger partial charge in [0.1, 0.15) is 18.7 Å². The molecule has 1 heterocycles. The van der Waals surface area contributed by atoms with E-state index in [0.29, 0.717) is 31.2 Å². The van der Waals surface area contributed by atoms with Gasteiger partial charge in [-0.3, -0.25) is 0 Å². The molecule has 1 N–H and O–H groups in total. The first-order valence-corrected chi connectivity index (χ1v) is 8.70. The molecule has 0 saturated heterocycles. The number of nitrogens with zero attached hydrogens (tertiary/aromatic N) is 3. The third kappa shape index (κ3) is 6.67. The molecule has 0 aromatic carbocycles. The van der Waals surface area contributed by atoms with E-state index in [2.05, 4.69) is 10.6 Å². The van der Waals surface area contributed by atoms with Crippen LogP contribution in [0.2, 0.25) is 0 Å². The first-order valence-electron chi connectivity index (χ1n) is 8.17. The van der Waals surface area contributed by atoms with Crippen molar-refractivity contribution in [1.82, 2.24) is 10.3 Å². The average Bonchev–Trinajstić information content (AvgIpc) is 2.61. The molecule has 0 spiro atoms. The fourth-order valence-corrected chi connectivity index (χ4v) is 2.92. The summed E-state index contributed by atoms with van der Waals surface area (Å²) in [6, 6.07) is 2.88. The Labute approximate surface area is 174 Å². The van der Waals surface area contributed by atoms with Crippen LogP contribution in [0.4, 0.5) is 4.79 Å². The van der Waals surface area contributed by atoms with Crippen molar-refractivity contribution in [1.29, 1.82) is 0 Å². The zero-order valence-corrected chi connectivity index (χ0v) is 17.4. The second-order valence-corrected chi connectivity index (χ2v) is 6.36. The van der Waals surface area contributed by atoms with Crippen LogP contribution in [0.3, 0.4) is 0 Å². The lowest BCUT2D eigenvalue weighted by atomic mass is 9.93. The summed E-state index contributed by atoms with van der Waals surface area (Å²) < 4.78 is 7.32. The number of urea groups is 1. The second-order valence-electron chi connectivity index (χ2n) is 5.98. The number of aromatic nitrogens is 1. The number of hydrogen-bond donors (Lipinski definition) is 1. The molecule has 1 aromatic rings. The van der Waals surface area contributed by atoms with Crippen molar-refractivity contribution in [3.8, 4) is 0 Å². The Morgan fingerprint density at radius 2 is 2.08 bits per heavy atom. The fraction of sp³-hybridized carbons (Fsp3) is 0.562. The van der Waals surface area contributed by atoms with Gasteiger partial charge in [-0.15, -0.1) is 16.5 Å². The number of rotatable bonds is 6. The van der Waals surface area contributed by atoms with Crippen LogP contribution in [0.1, 0.15) is 36.0 Å². The third-order valence-electron chi connectivity index (χ3n) is 4.08. The molecular formula is C16H22ClIN4O4. The number of hydrogen-bond acceptors (Lipinski definition) is 5. The molecule has 0 aliphatic heterocycles. The molecule has 1 fully saturated rings. The molecule has 144 valence electrons. The SMILES string of the molecule is C[n+]1cccc(C(=O)OC2CCC(NC(=O)N(CCCl)N=O)CC2)c1.[I-]. The van der Waals surface area contributed by atoms with Crippen molar-refractivity contribution >= 4 is 23.6 Å². The molecule has 0 radical (unpaired) electrons. The Hall–Kier alpha value is -1.49. The standard InChI is InChI=1S/C16H21ClN4O4.HI/c1-20-9-2-3-12(11-20)15(22)25-14-6-4-13(5-7-14)18-16(23)21(19-24)10-8-17;/h2-3,9,11,13-14H,4-8,10H2,1H3;1H. The minimum atomic E-state index is -0.548. The van der Waals surface area contributed by atoms with Crippen LogP contribution >= 0.6 is 11.6 Å². The highest BCUT2D eigenvalue weighted by molar-refractivity contribution is 6.18. The van der Waals surface area contributed by atoms with E-state index in [4.69, 9.17) is 16.3 Å². The molecule has 1 aromatic heterocycles. The largest absolute Gasteiger partial charge is 1.00 e. The van der Waals surface area contributed by atoms with Crippen molar-refractivity contribution in [2.75, 3.05) is 12.4 Å². The van der Waals surface area contributed by atoms with E-state index in [-0.39, 0.29) is 54.5 Å². The smallest absolute Gasteiger partial charge is 0.344 e. The monoisotopic (exact) mass is 496 g/mol. The van der Waals surface area contributed by atoms with Gasteiger partial charge in [-0.2, -0.15) is 5.01 Å². The van der Waals surface area contributed by atoms with Crippen LogP contribution in [0, 0.1) is 4.91 Å². The van der Waals surface area contributed by atoms with E-state index in [9.17, 15) is 14.5 Å². The van der Waals surface area contributed by atoms with E-state index in [1.807, 2.05) is 13.2 Å². The molecule has 1 saturated carbocycles. The van der Waals surface area contributed by atoms with Crippen LogP contribution in [-0.4, -0.2) is 41.6 Å². The number of alkyl halides is 1. The summed E-state index contributed by atoms with van der Waals surface area (Å²) in [4.78, 5) is 34.6. The van der Waals surface area contributed by atoms with Crippen LogP contribution in [0.15, 0.2) is 29.8 Å². The average molecular weight is 497 g/mol. The molecule has 8 nitrogen and oxygen atoms in total. The summed E-state index contributed by atoms with van der Waals surface area (Å²) >= 11 is 5.52. The van der Waals surface area contributed by atoms with Gasteiger partial charge in [-0.05, 0) is 31.7 Å². The van der Waals surface area contributed by atoms with Crippen LogP contribution in [0.25, 0.3) is 0 Å². The summed E-state index contributed by atoms with van der Waals surface area (Å²) in [5.74, 6) is -0.207. The van der Waals surface area contributed by atoms with Gasteiger partial charge in [0.25, 0.3) is 0 Å². The number of amides is 2. The topological polar surface area (TPSA) is 91.9 Å². The van der Waals surface area contributed by atoms with Crippen LogP contribution in [-0.2, 0) is 11.8 Å². The summed E-state index contributed by atoms with van der Waals surface area (Å²) in [5.41, 5.74) is 0.509. The molecule has 0 atom stereocenters. The van der Waals surface area contributed by atoms with Gasteiger partial charge in [0.2, 0.25) is 0 Å². The van der Waals surface area contributed by atoms with Gasteiger partial charge in [-0.1, -0.05) is 0 Å². The molecule has 0 bridgehead atoms. The van der Waals surface area contributed by atoms with Gasteiger partial charge in [0.15, 0.2) is 12.4 Å². The molecule has 1 aliphatic rings. The Morgan fingerprint density at radius 1 is 1.38 bits per heavy atom. The van der Waals surface area contributed by atoms with Gasteiger partial charge in [-0.25, -0.2) is 14.2 Å². The maximum atomic E-state index is 12.2. The van der Waals surface area contributed by atoms with E-state index in [1.54, 1.807) is 22.9 Å². The highest BCUT2D eigenvalue weighted by Gasteiger charge is 2.27. The summed E-state index contributed by atoms with van der Waals surface area (Å²) in [6.45, 7) is 0.0678. The number of carbonyl (C=O) groups excluding carboxylic acids is 2. The molecule has 2 amide bonds. The summed E-state index contributed by atoms with van der Waals surface area (Å²) in [5, 5.41) is 6.18. The number of aryl methyl sites for hydroxylation is 1.